The van der Waals surface area contributed by atoms with Crippen molar-refractivity contribution in [3.63, 3.8) is 0 Å². The molecule has 0 atom stereocenters. The molecule has 0 spiro atoms. The fourth-order valence-corrected chi connectivity index (χ4v) is 1.21. The summed E-state index contributed by atoms with van der Waals surface area (Å²) in [5.74, 6) is 4.67. The molecule has 5 heteroatoms. The molecule has 0 radical (unpaired) electrons. The van der Waals surface area contributed by atoms with Crippen LogP contribution in [0.4, 0.5) is 4.39 Å². The lowest BCUT2D eigenvalue weighted by molar-refractivity contribution is 0.627. The molecule has 0 aliphatic carbocycles. The van der Waals surface area contributed by atoms with Crippen LogP contribution in [0, 0.1) is 5.82 Å². The van der Waals surface area contributed by atoms with E-state index >= 15 is 0 Å². The number of nitrogens with zero attached hydrogens (tertiary/aromatic N) is 1. The van der Waals surface area contributed by atoms with Crippen LogP contribution in [-0.4, -0.2) is 5.84 Å². The van der Waals surface area contributed by atoms with Crippen LogP contribution >= 0.6 is 15.9 Å². The Balaban J connectivity index is 3.23. The van der Waals surface area contributed by atoms with Crippen LogP contribution in [0.2, 0.25) is 0 Å². The Hall–Kier alpha value is -1.10. The van der Waals surface area contributed by atoms with E-state index in [0.717, 1.165) is 0 Å². The lowest BCUT2D eigenvalue weighted by atomic mass is 10.2. The minimum absolute atomic E-state index is 0.0985. The largest absolute Gasteiger partial charge is 0.382 e. The lowest BCUT2D eigenvalue weighted by Gasteiger charge is -2.01. The summed E-state index contributed by atoms with van der Waals surface area (Å²) < 4.78 is 13.3. The van der Waals surface area contributed by atoms with Gasteiger partial charge in [0.15, 0.2) is 5.84 Å². The van der Waals surface area contributed by atoms with E-state index in [-0.39, 0.29) is 11.7 Å². The van der Waals surface area contributed by atoms with Crippen molar-refractivity contribution in [1.29, 1.82) is 0 Å². The molecule has 0 fully saturated rings. The first-order valence-electron chi connectivity index (χ1n) is 3.14. The van der Waals surface area contributed by atoms with Crippen LogP contribution in [0.25, 0.3) is 0 Å². The fourth-order valence-electron chi connectivity index (χ4n) is 0.763. The molecule has 4 N–H and O–H groups in total. The number of hydrogen-bond acceptors (Lipinski definition) is 2. The van der Waals surface area contributed by atoms with Crippen molar-refractivity contribution in [3.8, 4) is 0 Å². The molecule has 0 amide bonds. The van der Waals surface area contributed by atoms with Crippen LogP contribution in [0.3, 0.4) is 0 Å². The minimum atomic E-state index is -0.375. The van der Waals surface area contributed by atoms with Crippen molar-refractivity contribution in [2.75, 3.05) is 0 Å². The highest BCUT2D eigenvalue weighted by molar-refractivity contribution is 9.10. The zero-order valence-corrected chi connectivity index (χ0v) is 7.68. The highest BCUT2D eigenvalue weighted by Crippen LogP contribution is 2.16. The third-order valence-electron chi connectivity index (χ3n) is 1.34. The van der Waals surface area contributed by atoms with Gasteiger partial charge in [-0.15, -0.1) is 0 Å². The van der Waals surface area contributed by atoms with Crippen molar-refractivity contribution in [2.24, 2.45) is 16.7 Å². The normalized spacial score (nSPS) is 11.7. The molecule has 0 bridgehead atoms. The molecule has 1 aromatic rings. The van der Waals surface area contributed by atoms with Crippen LogP contribution in [0.15, 0.2) is 27.8 Å². The molecular weight excluding hydrogens is 225 g/mol. The molecule has 0 aliphatic rings. The Bertz CT molecular complexity index is 324. The molecule has 3 nitrogen and oxygen atoms in total. The third kappa shape index (κ3) is 1.73. The van der Waals surface area contributed by atoms with Gasteiger partial charge in [-0.05, 0) is 18.2 Å². The Morgan fingerprint density at radius 2 is 2.17 bits per heavy atom. The van der Waals surface area contributed by atoms with Gasteiger partial charge in [0, 0.05) is 10.0 Å². The highest BCUT2D eigenvalue weighted by atomic mass is 79.9. The molecule has 64 valence electrons. The van der Waals surface area contributed by atoms with Gasteiger partial charge >= 0.3 is 0 Å². The molecule has 0 heterocycles. The SMILES string of the molecule is N/N=C(/N)c1cc(F)ccc1Br. The van der Waals surface area contributed by atoms with Gasteiger partial charge in [-0.1, -0.05) is 15.9 Å². The lowest BCUT2D eigenvalue weighted by Crippen LogP contribution is -2.16. The van der Waals surface area contributed by atoms with Crippen LogP contribution in [0.1, 0.15) is 5.56 Å². The van der Waals surface area contributed by atoms with Crippen molar-refractivity contribution in [1.82, 2.24) is 0 Å². The maximum atomic E-state index is 12.7. The highest BCUT2D eigenvalue weighted by Gasteiger charge is 2.04. The van der Waals surface area contributed by atoms with Gasteiger partial charge in [-0.3, -0.25) is 0 Å². The van der Waals surface area contributed by atoms with E-state index in [4.69, 9.17) is 11.6 Å². The third-order valence-corrected chi connectivity index (χ3v) is 2.03. The van der Waals surface area contributed by atoms with E-state index in [9.17, 15) is 4.39 Å². The summed E-state index contributed by atoms with van der Waals surface area (Å²) in [6.45, 7) is 0. The molecule has 0 saturated carbocycles. The van der Waals surface area contributed by atoms with Crippen LogP contribution < -0.4 is 11.6 Å². The van der Waals surface area contributed by atoms with Crippen LogP contribution in [-0.2, 0) is 0 Å². The van der Waals surface area contributed by atoms with Gasteiger partial charge in [0.05, 0.1) is 0 Å². The zero-order valence-electron chi connectivity index (χ0n) is 6.09. The Kier molecular flexibility index (Phi) is 2.65. The number of halogens is 2. The van der Waals surface area contributed by atoms with E-state index in [2.05, 4.69) is 21.0 Å². The van der Waals surface area contributed by atoms with Gasteiger partial charge in [-0.25, -0.2) is 4.39 Å². The van der Waals surface area contributed by atoms with Gasteiger partial charge in [-0.2, -0.15) is 5.10 Å². The second-order valence-electron chi connectivity index (χ2n) is 2.14. The monoisotopic (exact) mass is 231 g/mol. The number of nitrogens with two attached hydrogens (primary N) is 2. The Morgan fingerprint density at radius 1 is 1.50 bits per heavy atom. The second-order valence-corrected chi connectivity index (χ2v) is 2.99. The predicted molar refractivity (Wildman–Crippen MR) is 49.0 cm³/mol. The summed E-state index contributed by atoms with van der Waals surface area (Å²) in [5, 5.41) is 3.26. The molecule has 12 heavy (non-hydrogen) atoms. The molecule has 1 rings (SSSR count). The molecule has 1 aromatic carbocycles. The van der Waals surface area contributed by atoms with E-state index in [0.29, 0.717) is 10.0 Å². The summed E-state index contributed by atoms with van der Waals surface area (Å²) >= 11 is 3.19. The van der Waals surface area contributed by atoms with Crippen molar-refractivity contribution in [2.45, 2.75) is 0 Å². The number of hydrazone groups is 1. The van der Waals surface area contributed by atoms with Crippen molar-refractivity contribution in [3.05, 3.63) is 34.1 Å². The average molecular weight is 232 g/mol. The summed E-state index contributed by atoms with van der Waals surface area (Å²) in [7, 11) is 0. The fraction of sp³-hybridized carbons (Fsp3) is 0. The van der Waals surface area contributed by atoms with E-state index in [1.54, 1.807) is 6.07 Å². The van der Waals surface area contributed by atoms with Gasteiger partial charge in [0.25, 0.3) is 0 Å². The minimum Gasteiger partial charge on any atom is -0.382 e. The maximum Gasteiger partial charge on any atom is 0.151 e. The molecule has 0 saturated heterocycles. The Morgan fingerprint density at radius 3 is 2.75 bits per heavy atom. The zero-order chi connectivity index (χ0) is 9.14. The first kappa shape index (κ1) is 8.99. The quantitative estimate of drug-likeness (QED) is 0.330. The van der Waals surface area contributed by atoms with E-state index < -0.39 is 0 Å². The number of benzene rings is 1. The van der Waals surface area contributed by atoms with Crippen molar-refractivity contribution >= 4 is 21.8 Å². The molecule has 0 aromatic heterocycles. The van der Waals surface area contributed by atoms with Gasteiger partial charge < -0.3 is 11.6 Å². The molecule has 0 aliphatic heterocycles. The average Bonchev–Trinajstić information content (AvgIpc) is 2.08. The first-order chi connectivity index (χ1) is 5.65. The molecule has 0 unspecified atom stereocenters. The molecular formula is C7H7BrFN3. The number of rotatable bonds is 1. The smallest absolute Gasteiger partial charge is 0.151 e. The van der Waals surface area contributed by atoms with Gasteiger partial charge in [0.1, 0.15) is 5.82 Å². The Labute approximate surface area is 77.4 Å². The summed E-state index contributed by atoms with van der Waals surface area (Å²) in [6, 6.07) is 4.12. The standard InChI is InChI=1S/C7H7BrFN3/c8-6-2-1-4(9)3-5(6)7(10)12-11/h1-3H,11H2,(H2,10,12). The second kappa shape index (κ2) is 3.53. The number of amidine groups is 1. The first-order valence-corrected chi connectivity index (χ1v) is 3.93. The van der Waals surface area contributed by atoms with Crippen molar-refractivity contribution < 1.29 is 4.39 Å². The maximum absolute atomic E-state index is 12.7. The summed E-state index contributed by atoms with van der Waals surface area (Å²) in [5.41, 5.74) is 5.85. The number of hydrogen-bond donors (Lipinski definition) is 2. The van der Waals surface area contributed by atoms with Crippen LogP contribution in [0.5, 0.6) is 0 Å². The summed E-state index contributed by atoms with van der Waals surface area (Å²) in [4.78, 5) is 0. The topological polar surface area (TPSA) is 64.4 Å². The summed E-state index contributed by atoms with van der Waals surface area (Å²) in [6.07, 6.45) is 0. The van der Waals surface area contributed by atoms with E-state index in [1.165, 1.54) is 12.1 Å². The van der Waals surface area contributed by atoms with E-state index in [1.807, 2.05) is 0 Å². The predicted octanol–water partition coefficient (Wildman–Crippen LogP) is 1.17. The van der Waals surface area contributed by atoms with Gasteiger partial charge in [0.2, 0.25) is 0 Å².